The van der Waals surface area contributed by atoms with Crippen LogP contribution in [0.3, 0.4) is 0 Å². The molecule has 3 N–H and O–H groups in total. The fraction of sp³-hybridized carbons (Fsp3) is 0.778. The van der Waals surface area contributed by atoms with Crippen LogP contribution < -0.4 is 5.73 Å². The van der Waals surface area contributed by atoms with E-state index in [1.54, 1.807) is 0 Å². The molecule has 13 heavy (non-hydrogen) atoms. The molecule has 0 aromatic carbocycles. The van der Waals surface area contributed by atoms with Crippen LogP contribution in [-0.2, 0) is 6.42 Å². The predicted octanol–water partition coefficient (Wildman–Crippen LogP) is 1.21. The minimum absolute atomic E-state index is 0.417. The molecule has 0 spiro atoms. The largest absolute Gasteiger partial charge is 0.330 e. The molecule has 1 aromatic heterocycles. The summed E-state index contributed by atoms with van der Waals surface area (Å²) in [5.74, 6) is 2.31. The van der Waals surface area contributed by atoms with Gasteiger partial charge in [-0.15, -0.1) is 0 Å². The average Bonchev–Trinajstić information content (AvgIpc) is 2.62. The lowest BCUT2D eigenvalue weighted by molar-refractivity contribution is 0.610. The number of aryl methyl sites for hydroxylation is 1. The first-order chi connectivity index (χ1) is 6.27. The van der Waals surface area contributed by atoms with Crippen LogP contribution in [0.5, 0.6) is 0 Å². The molecule has 0 amide bonds. The third kappa shape index (κ3) is 2.81. The summed E-state index contributed by atoms with van der Waals surface area (Å²) in [6, 6.07) is 0. The molecule has 0 aliphatic heterocycles. The molecule has 0 aliphatic rings. The van der Waals surface area contributed by atoms with Crippen molar-refractivity contribution < 1.29 is 0 Å². The summed E-state index contributed by atoms with van der Waals surface area (Å²) in [7, 11) is 0. The van der Waals surface area contributed by atoms with Crippen LogP contribution in [0.15, 0.2) is 0 Å². The first-order valence-corrected chi connectivity index (χ1v) is 4.89. The Balaban J connectivity index is 2.50. The Kier molecular flexibility index (Phi) is 3.89. The van der Waals surface area contributed by atoms with Crippen molar-refractivity contribution in [2.45, 2.75) is 39.0 Å². The Labute approximate surface area is 78.9 Å². The van der Waals surface area contributed by atoms with Gasteiger partial charge in [-0.25, -0.2) is 4.98 Å². The topological polar surface area (TPSA) is 67.6 Å². The molecule has 1 atom stereocenters. The number of aromatic amines is 1. The number of hydrogen-bond donors (Lipinski definition) is 2. The average molecular weight is 182 g/mol. The zero-order valence-corrected chi connectivity index (χ0v) is 8.38. The van der Waals surface area contributed by atoms with Gasteiger partial charge in [0.1, 0.15) is 5.82 Å². The van der Waals surface area contributed by atoms with Gasteiger partial charge < -0.3 is 5.73 Å². The van der Waals surface area contributed by atoms with E-state index < -0.39 is 0 Å². The molecule has 0 fully saturated rings. The molecule has 4 heteroatoms. The molecule has 0 saturated heterocycles. The zero-order valence-electron chi connectivity index (χ0n) is 8.38. The molecule has 0 bridgehead atoms. The van der Waals surface area contributed by atoms with E-state index >= 15 is 0 Å². The normalized spacial score (nSPS) is 13.2. The summed E-state index contributed by atoms with van der Waals surface area (Å²) in [6.45, 7) is 4.95. The van der Waals surface area contributed by atoms with E-state index in [9.17, 15) is 0 Å². The van der Waals surface area contributed by atoms with Crippen molar-refractivity contribution in [3.05, 3.63) is 11.6 Å². The number of nitrogens with one attached hydrogen (secondary N) is 1. The molecule has 0 aliphatic carbocycles. The standard InChI is InChI=1S/C9H18N4/c1-3-8-11-9(13-12-8)7(2)5-4-6-10/h7H,3-6,10H2,1-2H3,(H,11,12,13). The first kappa shape index (κ1) is 10.2. The van der Waals surface area contributed by atoms with Gasteiger partial charge in [0.25, 0.3) is 0 Å². The highest BCUT2D eigenvalue weighted by molar-refractivity contribution is 4.95. The van der Waals surface area contributed by atoms with E-state index in [2.05, 4.69) is 29.0 Å². The van der Waals surface area contributed by atoms with Gasteiger partial charge >= 0.3 is 0 Å². The Bertz CT molecular complexity index is 244. The van der Waals surface area contributed by atoms with Crippen LogP contribution in [0.1, 0.15) is 44.3 Å². The molecule has 4 nitrogen and oxygen atoms in total. The predicted molar refractivity (Wildman–Crippen MR) is 52.5 cm³/mol. The lowest BCUT2D eigenvalue weighted by atomic mass is 10.1. The van der Waals surface area contributed by atoms with Gasteiger partial charge in [-0.3, -0.25) is 5.10 Å². The molecule has 74 valence electrons. The Hall–Kier alpha value is -0.900. The van der Waals surface area contributed by atoms with Crippen LogP contribution in [-0.4, -0.2) is 21.7 Å². The van der Waals surface area contributed by atoms with Crippen molar-refractivity contribution in [2.75, 3.05) is 6.54 Å². The van der Waals surface area contributed by atoms with Crippen LogP contribution >= 0.6 is 0 Å². The lowest BCUT2D eigenvalue weighted by Gasteiger charge is -2.04. The summed E-state index contributed by atoms with van der Waals surface area (Å²) in [6.07, 6.45) is 3.02. The molecular formula is C9H18N4. The van der Waals surface area contributed by atoms with Gasteiger partial charge in [-0.05, 0) is 19.4 Å². The quantitative estimate of drug-likeness (QED) is 0.719. The second-order valence-corrected chi connectivity index (χ2v) is 3.33. The third-order valence-corrected chi connectivity index (χ3v) is 2.17. The maximum Gasteiger partial charge on any atom is 0.153 e. The van der Waals surface area contributed by atoms with Crippen molar-refractivity contribution in [3.63, 3.8) is 0 Å². The van der Waals surface area contributed by atoms with Crippen LogP contribution in [0.2, 0.25) is 0 Å². The van der Waals surface area contributed by atoms with Gasteiger partial charge in [-0.1, -0.05) is 13.8 Å². The number of rotatable bonds is 5. The zero-order chi connectivity index (χ0) is 9.68. The lowest BCUT2D eigenvalue weighted by Crippen LogP contribution is -2.03. The molecular weight excluding hydrogens is 164 g/mol. The maximum atomic E-state index is 5.44. The SMILES string of the molecule is CCc1nc(C(C)CCCN)n[nH]1. The van der Waals surface area contributed by atoms with E-state index in [1.165, 1.54) is 0 Å². The smallest absolute Gasteiger partial charge is 0.153 e. The van der Waals surface area contributed by atoms with E-state index in [4.69, 9.17) is 5.73 Å². The van der Waals surface area contributed by atoms with Gasteiger partial charge in [0.2, 0.25) is 0 Å². The molecule has 1 unspecified atom stereocenters. The highest BCUT2D eigenvalue weighted by atomic mass is 15.2. The van der Waals surface area contributed by atoms with Crippen molar-refractivity contribution in [1.29, 1.82) is 0 Å². The minimum atomic E-state index is 0.417. The molecule has 1 rings (SSSR count). The maximum absolute atomic E-state index is 5.44. The number of nitrogens with zero attached hydrogens (tertiary/aromatic N) is 2. The first-order valence-electron chi connectivity index (χ1n) is 4.89. The number of hydrogen-bond acceptors (Lipinski definition) is 3. The van der Waals surface area contributed by atoms with Crippen LogP contribution in [0.4, 0.5) is 0 Å². The Morgan fingerprint density at radius 3 is 2.85 bits per heavy atom. The summed E-state index contributed by atoms with van der Waals surface area (Å²) in [4.78, 5) is 4.37. The fourth-order valence-corrected chi connectivity index (χ4v) is 1.24. The monoisotopic (exact) mass is 182 g/mol. The number of H-pyrrole nitrogens is 1. The van der Waals surface area contributed by atoms with E-state index in [1.807, 2.05) is 0 Å². The molecule has 0 saturated carbocycles. The van der Waals surface area contributed by atoms with Crippen molar-refractivity contribution >= 4 is 0 Å². The minimum Gasteiger partial charge on any atom is -0.330 e. The molecule has 1 aromatic rings. The summed E-state index contributed by atoms with van der Waals surface area (Å²) in [5, 5.41) is 7.08. The fourth-order valence-electron chi connectivity index (χ4n) is 1.24. The van der Waals surface area contributed by atoms with Crippen LogP contribution in [0.25, 0.3) is 0 Å². The van der Waals surface area contributed by atoms with E-state index in [0.717, 1.165) is 37.5 Å². The highest BCUT2D eigenvalue weighted by Crippen LogP contribution is 2.15. The number of nitrogens with two attached hydrogens (primary N) is 1. The van der Waals surface area contributed by atoms with Crippen LogP contribution in [0, 0.1) is 0 Å². The highest BCUT2D eigenvalue weighted by Gasteiger charge is 2.09. The summed E-state index contributed by atoms with van der Waals surface area (Å²) in [5.41, 5.74) is 5.44. The third-order valence-electron chi connectivity index (χ3n) is 2.17. The second kappa shape index (κ2) is 4.97. The Morgan fingerprint density at radius 2 is 2.31 bits per heavy atom. The number of aromatic nitrogens is 3. The Morgan fingerprint density at radius 1 is 1.54 bits per heavy atom. The van der Waals surface area contributed by atoms with Gasteiger partial charge in [-0.2, -0.15) is 5.10 Å². The summed E-state index contributed by atoms with van der Waals surface area (Å²) < 4.78 is 0. The van der Waals surface area contributed by atoms with Gasteiger partial charge in [0.15, 0.2) is 5.82 Å². The van der Waals surface area contributed by atoms with Crippen molar-refractivity contribution in [1.82, 2.24) is 15.2 Å². The summed E-state index contributed by atoms with van der Waals surface area (Å²) >= 11 is 0. The van der Waals surface area contributed by atoms with E-state index in [-0.39, 0.29) is 0 Å². The van der Waals surface area contributed by atoms with Gasteiger partial charge in [0, 0.05) is 12.3 Å². The van der Waals surface area contributed by atoms with Crippen molar-refractivity contribution in [2.24, 2.45) is 5.73 Å². The van der Waals surface area contributed by atoms with Gasteiger partial charge in [0.05, 0.1) is 0 Å². The molecule has 1 heterocycles. The molecule has 0 radical (unpaired) electrons. The second-order valence-electron chi connectivity index (χ2n) is 3.33. The van der Waals surface area contributed by atoms with Crippen molar-refractivity contribution in [3.8, 4) is 0 Å². The van der Waals surface area contributed by atoms with E-state index in [0.29, 0.717) is 5.92 Å².